The summed E-state index contributed by atoms with van der Waals surface area (Å²) in [4.78, 5) is 38.7. The minimum absolute atomic E-state index is 0.0196. The highest BCUT2D eigenvalue weighted by molar-refractivity contribution is 5.84. The molecule has 0 bridgehead atoms. The number of aliphatic carboxylic acids is 1. The zero-order valence-electron chi connectivity index (χ0n) is 20.5. The van der Waals surface area contributed by atoms with E-state index in [2.05, 4.69) is 29.6 Å². The number of alkyl carbamates (subject to hydrolysis) is 1. The molecule has 1 saturated heterocycles. The van der Waals surface area contributed by atoms with Crippen molar-refractivity contribution >= 4 is 18.0 Å². The molecule has 1 heterocycles. The number of ether oxygens (including phenoxy) is 1. The molecule has 35 heavy (non-hydrogen) atoms. The quantitative estimate of drug-likeness (QED) is 0.588. The minimum atomic E-state index is -0.948. The van der Waals surface area contributed by atoms with Crippen LogP contribution in [0.15, 0.2) is 48.5 Å². The van der Waals surface area contributed by atoms with Gasteiger partial charge < -0.3 is 20.1 Å². The van der Waals surface area contributed by atoms with Gasteiger partial charge in [0, 0.05) is 24.4 Å². The largest absolute Gasteiger partial charge is 0.480 e. The maximum Gasteiger partial charge on any atom is 0.407 e. The summed E-state index contributed by atoms with van der Waals surface area (Å²) < 4.78 is 5.64. The van der Waals surface area contributed by atoms with E-state index in [1.54, 1.807) is 0 Å². The van der Waals surface area contributed by atoms with Crippen LogP contribution in [0.5, 0.6) is 0 Å². The molecule has 2 aromatic rings. The van der Waals surface area contributed by atoms with Gasteiger partial charge in [0.25, 0.3) is 0 Å². The summed E-state index contributed by atoms with van der Waals surface area (Å²) in [6, 6.07) is 15.6. The number of fused-ring (bicyclic) bond motifs is 3. The SMILES string of the molecule is CC(C)(CCC(=O)N1CCCCCC1C(=O)O)NC(=O)OCC1c2ccccc2-c2ccccc21. The van der Waals surface area contributed by atoms with Gasteiger partial charge in [-0.1, -0.05) is 61.4 Å². The normalized spacial score (nSPS) is 17.8. The highest BCUT2D eigenvalue weighted by Crippen LogP contribution is 2.44. The number of hydrogen-bond acceptors (Lipinski definition) is 4. The standard InChI is InChI=1S/C28H34N2O5/c1-28(2,16-15-25(31)30-17-9-3-4-14-24(30)26(32)33)29-27(34)35-18-23-21-12-7-5-10-19(21)20-11-6-8-13-22(20)23/h5-8,10-13,23-24H,3-4,9,14-18H2,1-2H3,(H,29,34)(H,32,33). The summed E-state index contributed by atoms with van der Waals surface area (Å²) in [7, 11) is 0. The van der Waals surface area contributed by atoms with Crippen molar-refractivity contribution in [3.8, 4) is 11.1 Å². The lowest BCUT2D eigenvalue weighted by Gasteiger charge is -2.30. The van der Waals surface area contributed by atoms with E-state index in [0.29, 0.717) is 19.4 Å². The van der Waals surface area contributed by atoms with Crippen LogP contribution in [0.4, 0.5) is 4.79 Å². The molecule has 1 fully saturated rings. The number of hydrogen-bond donors (Lipinski definition) is 2. The van der Waals surface area contributed by atoms with Crippen LogP contribution >= 0.6 is 0 Å². The number of carbonyl (C=O) groups excluding carboxylic acids is 2. The third-order valence-corrected chi connectivity index (χ3v) is 7.11. The van der Waals surface area contributed by atoms with Crippen molar-refractivity contribution in [2.45, 2.75) is 69.9 Å². The van der Waals surface area contributed by atoms with E-state index in [9.17, 15) is 19.5 Å². The van der Waals surface area contributed by atoms with Crippen LogP contribution in [0.1, 0.15) is 69.4 Å². The van der Waals surface area contributed by atoms with E-state index < -0.39 is 23.6 Å². The monoisotopic (exact) mass is 478 g/mol. The Morgan fingerprint density at radius 3 is 2.26 bits per heavy atom. The second-order valence-corrected chi connectivity index (χ2v) is 10.1. The maximum atomic E-state index is 12.9. The van der Waals surface area contributed by atoms with Gasteiger partial charge in [-0.05, 0) is 55.4 Å². The predicted octanol–water partition coefficient (Wildman–Crippen LogP) is 4.94. The van der Waals surface area contributed by atoms with E-state index in [1.165, 1.54) is 16.0 Å². The lowest BCUT2D eigenvalue weighted by Crippen LogP contribution is -2.47. The molecule has 2 aliphatic rings. The molecule has 0 spiro atoms. The Balaban J connectivity index is 1.32. The number of nitrogens with zero attached hydrogens (tertiary/aromatic N) is 1. The molecule has 4 rings (SSSR count). The second kappa shape index (κ2) is 10.5. The van der Waals surface area contributed by atoms with E-state index in [1.807, 2.05) is 38.1 Å². The average molecular weight is 479 g/mol. The van der Waals surface area contributed by atoms with E-state index in [4.69, 9.17) is 4.74 Å². The van der Waals surface area contributed by atoms with Crippen molar-refractivity contribution in [2.75, 3.05) is 13.2 Å². The Morgan fingerprint density at radius 2 is 1.63 bits per heavy atom. The van der Waals surface area contributed by atoms with Gasteiger partial charge in [-0.2, -0.15) is 0 Å². The van der Waals surface area contributed by atoms with Crippen molar-refractivity contribution in [1.29, 1.82) is 0 Å². The number of carbonyl (C=O) groups is 3. The Hall–Kier alpha value is -3.35. The van der Waals surface area contributed by atoms with Gasteiger partial charge in [-0.25, -0.2) is 9.59 Å². The predicted molar refractivity (Wildman–Crippen MR) is 133 cm³/mol. The summed E-state index contributed by atoms with van der Waals surface area (Å²) in [5, 5.41) is 12.4. The van der Waals surface area contributed by atoms with E-state index >= 15 is 0 Å². The number of likely N-dealkylation sites (tertiary alicyclic amines) is 1. The molecule has 7 heteroatoms. The number of carboxylic acid groups (broad SMARTS) is 1. The Morgan fingerprint density at radius 1 is 1.00 bits per heavy atom. The Kier molecular flexibility index (Phi) is 7.43. The number of amides is 2. The first-order valence-electron chi connectivity index (χ1n) is 12.4. The van der Waals surface area contributed by atoms with Crippen molar-refractivity contribution in [2.24, 2.45) is 0 Å². The van der Waals surface area contributed by atoms with Gasteiger partial charge in [-0.15, -0.1) is 0 Å². The van der Waals surface area contributed by atoms with Crippen LogP contribution in [-0.2, 0) is 14.3 Å². The highest BCUT2D eigenvalue weighted by atomic mass is 16.5. The topological polar surface area (TPSA) is 95.9 Å². The van der Waals surface area contributed by atoms with Gasteiger partial charge in [0.2, 0.25) is 5.91 Å². The van der Waals surface area contributed by atoms with Crippen LogP contribution in [0.25, 0.3) is 11.1 Å². The summed E-state index contributed by atoms with van der Waals surface area (Å²) >= 11 is 0. The third kappa shape index (κ3) is 5.66. The molecular formula is C28H34N2O5. The van der Waals surface area contributed by atoms with Crippen molar-refractivity contribution in [3.63, 3.8) is 0 Å². The van der Waals surface area contributed by atoms with Crippen molar-refractivity contribution in [1.82, 2.24) is 10.2 Å². The Bertz CT molecular complexity index is 1050. The van der Waals surface area contributed by atoms with E-state index in [-0.39, 0.29) is 24.9 Å². The Labute approximate surface area is 206 Å². The second-order valence-electron chi connectivity index (χ2n) is 10.1. The van der Waals surface area contributed by atoms with Gasteiger partial charge in [0.05, 0.1) is 0 Å². The fraction of sp³-hybridized carbons (Fsp3) is 0.464. The zero-order chi connectivity index (χ0) is 25.0. The van der Waals surface area contributed by atoms with Crippen LogP contribution in [0, 0.1) is 0 Å². The molecule has 1 aliphatic heterocycles. The molecule has 7 nitrogen and oxygen atoms in total. The first-order chi connectivity index (χ1) is 16.8. The van der Waals surface area contributed by atoms with Crippen molar-refractivity contribution < 1.29 is 24.2 Å². The summed E-state index contributed by atoms with van der Waals surface area (Å²) in [5.74, 6) is -1.15. The zero-order valence-corrected chi connectivity index (χ0v) is 20.5. The molecule has 186 valence electrons. The van der Waals surface area contributed by atoms with Gasteiger partial charge in [0.15, 0.2) is 0 Å². The first kappa shape index (κ1) is 24.8. The minimum Gasteiger partial charge on any atom is -0.480 e. The maximum absolute atomic E-state index is 12.9. The summed E-state index contributed by atoms with van der Waals surface area (Å²) in [5.41, 5.74) is 3.96. The molecule has 2 N–H and O–H groups in total. The number of rotatable bonds is 7. The molecule has 1 aliphatic carbocycles. The molecule has 0 saturated carbocycles. The molecule has 2 aromatic carbocycles. The third-order valence-electron chi connectivity index (χ3n) is 7.11. The average Bonchev–Trinajstić information content (AvgIpc) is 2.96. The van der Waals surface area contributed by atoms with Crippen molar-refractivity contribution in [3.05, 3.63) is 59.7 Å². The van der Waals surface area contributed by atoms with Gasteiger partial charge >= 0.3 is 12.1 Å². The molecule has 2 amide bonds. The van der Waals surface area contributed by atoms with Crippen LogP contribution in [0.3, 0.4) is 0 Å². The summed E-state index contributed by atoms with van der Waals surface area (Å²) in [6.45, 7) is 4.39. The van der Waals surface area contributed by atoms with Crippen LogP contribution in [-0.4, -0.2) is 52.7 Å². The molecule has 0 aromatic heterocycles. The molecule has 0 radical (unpaired) electrons. The lowest BCUT2D eigenvalue weighted by atomic mass is 9.97. The number of nitrogens with one attached hydrogen (secondary N) is 1. The molecular weight excluding hydrogens is 444 g/mol. The number of carboxylic acids is 1. The first-order valence-corrected chi connectivity index (χ1v) is 12.4. The van der Waals surface area contributed by atoms with Crippen LogP contribution < -0.4 is 5.32 Å². The number of benzene rings is 2. The fourth-order valence-corrected chi connectivity index (χ4v) is 5.20. The molecule has 1 unspecified atom stereocenters. The van der Waals surface area contributed by atoms with Crippen LogP contribution in [0.2, 0.25) is 0 Å². The van der Waals surface area contributed by atoms with Gasteiger partial charge in [-0.3, -0.25) is 4.79 Å². The summed E-state index contributed by atoms with van der Waals surface area (Å²) in [6.07, 6.45) is 3.08. The molecule has 1 atom stereocenters. The smallest absolute Gasteiger partial charge is 0.407 e. The van der Waals surface area contributed by atoms with Gasteiger partial charge in [0.1, 0.15) is 12.6 Å². The van der Waals surface area contributed by atoms with E-state index in [0.717, 1.165) is 30.4 Å². The highest BCUT2D eigenvalue weighted by Gasteiger charge is 2.33. The lowest BCUT2D eigenvalue weighted by molar-refractivity contribution is -0.150. The fourth-order valence-electron chi connectivity index (χ4n) is 5.20.